The van der Waals surface area contributed by atoms with Gasteiger partial charge in [0, 0.05) is 38.3 Å². The molecule has 0 bridgehead atoms. The number of rotatable bonds is 6. The highest BCUT2D eigenvalue weighted by molar-refractivity contribution is 6.17. The Kier molecular flexibility index (Phi) is 5.86. The van der Waals surface area contributed by atoms with Crippen LogP contribution in [0, 0.1) is 0 Å². The highest BCUT2D eigenvalue weighted by Crippen LogP contribution is 2.05. The molecule has 4 heteroatoms. The Morgan fingerprint density at radius 3 is 2.69 bits per heavy atom. The molecule has 3 nitrogen and oxygen atoms in total. The molecule has 88 valence electrons. The molecule has 0 radical (unpaired) electrons. The number of pyridine rings is 1. The Labute approximate surface area is 101 Å². The third-order valence-corrected chi connectivity index (χ3v) is 2.64. The zero-order valence-electron chi connectivity index (χ0n) is 9.53. The molecule has 0 aliphatic heterocycles. The minimum atomic E-state index is 0.168. The van der Waals surface area contributed by atoms with Crippen molar-refractivity contribution in [2.45, 2.75) is 25.8 Å². The van der Waals surface area contributed by atoms with Gasteiger partial charge >= 0.3 is 0 Å². The lowest BCUT2D eigenvalue weighted by molar-refractivity contribution is -0.130. The molecule has 1 heterocycles. The molecule has 0 saturated carbocycles. The number of halogens is 1. The molecule has 0 aliphatic rings. The molecular weight excluding hydrogens is 224 g/mol. The van der Waals surface area contributed by atoms with Crippen LogP contribution >= 0.6 is 11.6 Å². The zero-order chi connectivity index (χ0) is 11.8. The number of nitrogens with zero attached hydrogens (tertiary/aromatic N) is 2. The van der Waals surface area contributed by atoms with Crippen LogP contribution in [0.25, 0.3) is 0 Å². The van der Waals surface area contributed by atoms with Gasteiger partial charge in [-0.3, -0.25) is 9.78 Å². The number of hydrogen-bond acceptors (Lipinski definition) is 2. The van der Waals surface area contributed by atoms with Crippen LogP contribution in [0.5, 0.6) is 0 Å². The highest BCUT2D eigenvalue weighted by atomic mass is 35.5. The molecule has 1 rings (SSSR count). The first-order chi connectivity index (χ1) is 7.74. The number of unbranched alkanes of at least 4 members (excludes halogenated alkanes) is 1. The predicted octanol–water partition coefficient (Wildman–Crippen LogP) is 2.45. The van der Waals surface area contributed by atoms with Crippen LogP contribution in [0.1, 0.15) is 24.8 Å². The summed E-state index contributed by atoms with van der Waals surface area (Å²) >= 11 is 5.56. The number of hydrogen-bond donors (Lipinski definition) is 0. The molecule has 0 fully saturated rings. The van der Waals surface area contributed by atoms with Crippen LogP contribution in [0.15, 0.2) is 24.5 Å². The molecule has 16 heavy (non-hydrogen) atoms. The van der Waals surface area contributed by atoms with Gasteiger partial charge in [-0.1, -0.05) is 0 Å². The van der Waals surface area contributed by atoms with Crippen molar-refractivity contribution in [1.29, 1.82) is 0 Å². The average molecular weight is 241 g/mol. The number of amides is 1. The minimum absolute atomic E-state index is 0.168. The minimum Gasteiger partial charge on any atom is -0.341 e. The first kappa shape index (κ1) is 13.0. The molecule has 1 amide bonds. The van der Waals surface area contributed by atoms with Crippen molar-refractivity contribution in [3.05, 3.63) is 30.1 Å². The summed E-state index contributed by atoms with van der Waals surface area (Å²) in [6.45, 7) is 0.641. The van der Waals surface area contributed by atoms with Crippen LogP contribution in [-0.2, 0) is 11.3 Å². The second kappa shape index (κ2) is 7.23. The van der Waals surface area contributed by atoms with Gasteiger partial charge in [-0.2, -0.15) is 0 Å². The lowest BCUT2D eigenvalue weighted by Crippen LogP contribution is -2.25. The summed E-state index contributed by atoms with van der Waals surface area (Å²) in [5, 5.41) is 0. The zero-order valence-corrected chi connectivity index (χ0v) is 10.3. The largest absolute Gasteiger partial charge is 0.341 e. The van der Waals surface area contributed by atoms with Crippen LogP contribution in [0.4, 0.5) is 0 Å². The fraction of sp³-hybridized carbons (Fsp3) is 0.500. The first-order valence-corrected chi connectivity index (χ1v) is 5.96. The van der Waals surface area contributed by atoms with Crippen molar-refractivity contribution in [2.24, 2.45) is 0 Å². The monoisotopic (exact) mass is 240 g/mol. The van der Waals surface area contributed by atoms with Crippen LogP contribution < -0.4 is 0 Å². The predicted molar refractivity (Wildman–Crippen MR) is 65.3 cm³/mol. The van der Waals surface area contributed by atoms with Gasteiger partial charge < -0.3 is 4.90 Å². The van der Waals surface area contributed by atoms with E-state index in [-0.39, 0.29) is 5.91 Å². The lowest BCUT2D eigenvalue weighted by Gasteiger charge is -2.16. The lowest BCUT2D eigenvalue weighted by atomic mass is 10.2. The van der Waals surface area contributed by atoms with Gasteiger partial charge in [-0.15, -0.1) is 11.6 Å². The van der Waals surface area contributed by atoms with E-state index in [4.69, 9.17) is 11.6 Å². The van der Waals surface area contributed by atoms with Crippen molar-refractivity contribution in [3.63, 3.8) is 0 Å². The summed E-state index contributed by atoms with van der Waals surface area (Å²) in [7, 11) is 1.82. The topological polar surface area (TPSA) is 33.2 Å². The molecule has 1 aromatic rings. The van der Waals surface area contributed by atoms with Gasteiger partial charge in [0.05, 0.1) is 0 Å². The first-order valence-electron chi connectivity index (χ1n) is 5.43. The molecule has 0 spiro atoms. The van der Waals surface area contributed by atoms with Crippen molar-refractivity contribution in [3.8, 4) is 0 Å². The van der Waals surface area contributed by atoms with E-state index in [0.29, 0.717) is 18.8 Å². The number of aromatic nitrogens is 1. The Hall–Kier alpha value is -1.09. The second-order valence-corrected chi connectivity index (χ2v) is 4.13. The fourth-order valence-corrected chi connectivity index (χ4v) is 1.60. The average Bonchev–Trinajstić information content (AvgIpc) is 2.30. The van der Waals surface area contributed by atoms with Gasteiger partial charge in [0.1, 0.15) is 0 Å². The fourth-order valence-electron chi connectivity index (χ4n) is 1.41. The molecule has 1 aromatic heterocycles. The maximum absolute atomic E-state index is 11.7. The molecule has 0 N–H and O–H groups in total. The maximum atomic E-state index is 11.7. The maximum Gasteiger partial charge on any atom is 0.222 e. The van der Waals surface area contributed by atoms with Crippen LogP contribution in [-0.4, -0.2) is 28.7 Å². The molecule has 0 unspecified atom stereocenters. The van der Waals surface area contributed by atoms with Gasteiger partial charge in [0.15, 0.2) is 0 Å². The summed E-state index contributed by atoms with van der Waals surface area (Å²) in [6, 6.07) is 3.84. The van der Waals surface area contributed by atoms with E-state index < -0.39 is 0 Å². The molecular formula is C12H17ClN2O. The number of carbonyl (C=O) groups is 1. The van der Waals surface area contributed by atoms with Gasteiger partial charge in [-0.25, -0.2) is 0 Å². The van der Waals surface area contributed by atoms with E-state index >= 15 is 0 Å². The molecule has 0 aromatic carbocycles. The Balaban J connectivity index is 2.34. The van der Waals surface area contributed by atoms with Crippen molar-refractivity contribution >= 4 is 17.5 Å². The summed E-state index contributed by atoms with van der Waals surface area (Å²) in [4.78, 5) is 17.4. The molecule has 0 saturated heterocycles. The van der Waals surface area contributed by atoms with Gasteiger partial charge in [0.2, 0.25) is 5.91 Å². The summed E-state index contributed by atoms with van der Waals surface area (Å²) < 4.78 is 0. The SMILES string of the molecule is CN(Cc1ccncc1)C(=O)CCCCCl. The number of alkyl halides is 1. The Bertz CT molecular complexity index is 316. The van der Waals surface area contributed by atoms with Crippen molar-refractivity contribution in [1.82, 2.24) is 9.88 Å². The number of carbonyl (C=O) groups excluding carboxylic acids is 1. The van der Waals surface area contributed by atoms with Crippen LogP contribution in [0.2, 0.25) is 0 Å². The smallest absolute Gasteiger partial charge is 0.222 e. The van der Waals surface area contributed by atoms with E-state index in [0.717, 1.165) is 18.4 Å². The van der Waals surface area contributed by atoms with Gasteiger partial charge in [0.25, 0.3) is 0 Å². The van der Waals surface area contributed by atoms with Crippen molar-refractivity contribution in [2.75, 3.05) is 12.9 Å². The molecule has 0 aliphatic carbocycles. The molecule has 0 atom stereocenters. The normalized spacial score (nSPS) is 10.1. The standard InChI is InChI=1S/C12H17ClN2O/c1-15(12(16)4-2-3-7-13)10-11-5-8-14-9-6-11/h5-6,8-9H,2-4,7,10H2,1H3. The highest BCUT2D eigenvalue weighted by Gasteiger charge is 2.08. The van der Waals surface area contributed by atoms with Crippen molar-refractivity contribution < 1.29 is 4.79 Å². The Morgan fingerprint density at radius 1 is 1.38 bits per heavy atom. The second-order valence-electron chi connectivity index (χ2n) is 3.75. The quantitative estimate of drug-likeness (QED) is 0.565. The van der Waals surface area contributed by atoms with Gasteiger partial charge in [-0.05, 0) is 30.5 Å². The third kappa shape index (κ3) is 4.62. The summed E-state index contributed by atoms with van der Waals surface area (Å²) in [6.07, 6.45) is 5.82. The van der Waals surface area contributed by atoms with E-state index in [1.807, 2.05) is 19.2 Å². The Morgan fingerprint density at radius 2 is 2.06 bits per heavy atom. The summed E-state index contributed by atoms with van der Waals surface area (Å²) in [5.74, 6) is 0.795. The van der Waals surface area contributed by atoms with E-state index in [1.165, 1.54) is 0 Å². The van der Waals surface area contributed by atoms with E-state index in [2.05, 4.69) is 4.98 Å². The summed E-state index contributed by atoms with van der Waals surface area (Å²) in [5.41, 5.74) is 1.10. The third-order valence-electron chi connectivity index (χ3n) is 2.37. The van der Waals surface area contributed by atoms with E-state index in [9.17, 15) is 4.79 Å². The van der Waals surface area contributed by atoms with Crippen LogP contribution in [0.3, 0.4) is 0 Å². The van der Waals surface area contributed by atoms with E-state index in [1.54, 1.807) is 17.3 Å².